The molecule has 1 aliphatic rings. The SMILES string of the molecule is [C]1=NCCS1.[KH]. The Morgan fingerprint density at radius 3 is 2.67 bits per heavy atom. The fourth-order valence-corrected chi connectivity index (χ4v) is 0.685. The van der Waals surface area contributed by atoms with Crippen LogP contribution in [0.1, 0.15) is 0 Å². The van der Waals surface area contributed by atoms with E-state index in [1.54, 1.807) is 11.8 Å². The van der Waals surface area contributed by atoms with Gasteiger partial charge in [0.1, 0.15) is 5.55 Å². The van der Waals surface area contributed by atoms with Gasteiger partial charge in [0.2, 0.25) is 0 Å². The molecule has 1 rings (SSSR count). The second-order valence-corrected chi connectivity index (χ2v) is 1.70. The van der Waals surface area contributed by atoms with Gasteiger partial charge in [-0.1, -0.05) is 0 Å². The molecule has 0 saturated heterocycles. The normalized spacial score (nSPS) is 17.3. The summed E-state index contributed by atoms with van der Waals surface area (Å²) in [5.74, 6) is 1.14. The van der Waals surface area contributed by atoms with E-state index in [0.29, 0.717) is 0 Å². The predicted molar refractivity (Wildman–Crippen MR) is 31.9 cm³/mol. The van der Waals surface area contributed by atoms with Gasteiger partial charge in [0, 0.05) is 12.3 Å². The summed E-state index contributed by atoms with van der Waals surface area (Å²) in [5.41, 5.74) is 2.76. The molecule has 0 amide bonds. The molecule has 1 heterocycles. The Bertz CT molecular complexity index is 48.8. The van der Waals surface area contributed by atoms with Gasteiger partial charge in [0.05, 0.1) is 0 Å². The summed E-state index contributed by atoms with van der Waals surface area (Å²) in [7, 11) is 0. The molecule has 1 aliphatic heterocycles. The van der Waals surface area contributed by atoms with Gasteiger partial charge in [-0.15, -0.1) is 11.8 Å². The van der Waals surface area contributed by atoms with E-state index in [0.717, 1.165) is 12.3 Å². The van der Waals surface area contributed by atoms with Crippen molar-refractivity contribution in [2.24, 2.45) is 4.99 Å². The van der Waals surface area contributed by atoms with Crippen LogP contribution in [0.5, 0.6) is 0 Å². The zero-order valence-corrected chi connectivity index (χ0v) is 3.59. The minimum atomic E-state index is 0. The second-order valence-electron chi connectivity index (χ2n) is 0.821. The average Bonchev–Trinajstić information content (AvgIpc) is 1.76. The molecule has 0 N–H and O–H groups in total. The van der Waals surface area contributed by atoms with E-state index in [1.165, 1.54) is 0 Å². The Balaban J connectivity index is 0.000000250. The summed E-state index contributed by atoms with van der Waals surface area (Å²) in [6.07, 6.45) is 0. The van der Waals surface area contributed by atoms with Crippen LogP contribution in [0.25, 0.3) is 0 Å². The number of aliphatic imine (C=N–C) groups is 1. The first-order valence-corrected chi connectivity index (χ1v) is 2.52. The fourth-order valence-electron chi connectivity index (χ4n) is 0.228. The quantitative estimate of drug-likeness (QED) is 0.416. The summed E-state index contributed by atoms with van der Waals surface area (Å²) in [4.78, 5) is 3.80. The molecule has 0 spiro atoms. The van der Waals surface area contributed by atoms with Crippen molar-refractivity contribution < 1.29 is 0 Å². The Hall–Kier alpha value is 1.66. The maximum atomic E-state index is 3.80. The minimum absolute atomic E-state index is 0. The van der Waals surface area contributed by atoms with E-state index >= 15 is 0 Å². The molecule has 6 heavy (non-hydrogen) atoms. The van der Waals surface area contributed by atoms with Crippen LogP contribution in [0.2, 0.25) is 0 Å². The van der Waals surface area contributed by atoms with Crippen LogP contribution >= 0.6 is 11.8 Å². The van der Waals surface area contributed by atoms with Crippen molar-refractivity contribution >= 4 is 68.7 Å². The molecule has 0 fully saturated rings. The molecule has 0 aromatic rings. The summed E-state index contributed by atoms with van der Waals surface area (Å²) in [5, 5.41) is 0. The summed E-state index contributed by atoms with van der Waals surface area (Å²) in [6, 6.07) is 0. The van der Waals surface area contributed by atoms with Crippen molar-refractivity contribution in [3.05, 3.63) is 0 Å². The van der Waals surface area contributed by atoms with E-state index < -0.39 is 0 Å². The number of hydrogen-bond donors (Lipinski definition) is 0. The second kappa shape index (κ2) is 4.81. The monoisotopic (exact) mass is 126 g/mol. The number of rotatable bonds is 0. The third-order valence-electron chi connectivity index (χ3n) is 0.434. The van der Waals surface area contributed by atoms with Gasteiger partial charge in [0.25, 0.3) is 0 Å². The first-order valence-electron chi connectivity index (χ1n) is 1.53. The van der Waals surface area contributed by atoms with E-state index in [4.69, 9.17) is 0 Å². The van der Waals surface area contributed by atoms with Crippen LogP contribution in [0.3, 0.4) is 0 Å². The maximum absolute atomic E-state index is 3.80. The van der Waals surface area contributed by atoms with Crippen LogP contribution in [0.4, 0.5) is 0 Å². The topological polar surface area (TPSA) is 12.4 Å². The number of thioether (sulfide) groups is 1. The molecule has 0 aliphatic carbocycles. The van der Waals surface area contributed by atoms with Crippen LogP contribution in [-0.2, 0) is 0 Å². The van der Waals surface area contributed by atoms with Crippen molar-refractivity contribution in [3.8, 4) is 0 Å². The van der Waals surface area contributed by atoms with Crippen LogP contribution in [-0.4, -0.2) is 69.2 Å². The van der Waals surface area contributed by atoms with E-state index in [-0.39, 0.29) is 51.4 Å². The van der Waals surface area contributed by atoms with Gasteiger partial charge >= 0.3 is 51.4 Å². The molecule has 29 valence electrons. The third kappa shape index (κ3) is 2.77. The Kier molecular flexibility index (Phi) is 6.13. The van der Waals surface area contributed by atoms with Crippen molar-refractivity contribution in [2.45, 2.75) is 0 Å². The zero-order chi connectivity index (χ0) is 3.54. The van der Waals surface area contributed by atoms with E-state index in [1.807, 2.05) is 0 Å². The van der Waals surface area contributed by atoms with E-state index in [2.05, 4.69) is 10.5 Å². The molecule has 0 aromatic carbocycles. The first-order chi connectivity index (χ1) is 2.50. The Morgan fingerprint density at radius 2 is 2.50 bits per heavy atom. The van der Waals surface area contributed by atoms with Gasteiger partial charge < -0.3 is 0 Å². The molecule has 1 nitrogen and oxygen atoms in total. The van der Waals surface area contributed by atoms with Gasteiger partial charge in [-0.3, -0.25) is 4.99 Å². The van der Waals surface area contributed by atoms with Gasteiger partial charge in [-0.05, 0) is 0 Å². The molecule has 0 bridgehead atoms. The average molecular weight is 126 g/mol. The van der Waals surface area contributed by atoms with Crippen molar-refractivity contribution in [2.75, 3.05) is 12.3 Å². The molecule has 1 radical (unpaired) electrons. The number of hydrogen-bond acceptors (Lipinski definition) is 2. The Morgan fingerprint density at radius 1 is 1.67 bits per heavy atom. The van der Waals surface area contributed by atoms with Crippen molar-refractivity contribution in [1.82, 2.24) is 0 Å². The third-order valence-corrected chi connectivity index (χ3v) is 1.08. The van der Waals surface area contributed by atoms with Gasteiger partial charge in [-0.2, -0.15) is 0 Å². The molecule has 0 unspecified atom stereocenters. The predicted octanol–water partition coefficient (Wildman–Crippen LogP) is -0.01000. The summed E-state index contributed by atoms with van der Waals surface area (Å²) < 4.78 is 0. The first kappa shape index (κ1) is 7.66. The van der Waals surface area contributed by atoms with Gasteiger partial charge in [0.15, 0.2) is 0 Å². The van der Waals surface area contributed by atoms with Crippen molar-refractivity contribution in [3.63, 3.8) is 0 Å². The van der Waals surface area contributed by atoms with Crippen molar-refractivity contribution in [1.29, 1.82) is 0 Å². The fraction of sp³-hybridized carbons (Fsp3) is 0.667. The van der Waals surface area contributed by atoms with Crippen LogP contribution in [0.15, 0.2) is 4.99 Å². The van der Waals surface area contributed by atoms with E-state index in [9.17, 15) is 0 Å². The molecule has 3 heteroatoms. The molecular weight excluding hydrogens is 121 g/mol. The van der Waals surface area contributed by atoms with Gasteiger partial charge in [-0.25, -0.2) is 0 Å². The van der Waals surface area contributed by atoms with Crippen LogP contribution < -0.4 is 0 Å². The molecule has 0 atom stereocenters. The molecular formula is C3H5KNS. The summed E-state index contributed by atoms with van der Waals surface area (Å²) in [6.45, 7) is 0.977. The number of nitrogens with zero attached hydrogens (tertiary/aromatic N) is 1. The zero-order valence-electron chi connectivity index (χ0n) is 2.77. The standard InChI is InChI=1S/C3H4NS.K.H/c1-2-5-3-4-1;;/h1-2H2;;. The molecule has 0 aromatic heterocycles. The van der Waals surface area contributed by atoms with Crippen LogP contribution in [0, 0.1) is 0 Å². The molecule has 0 saturated carbocycles. The Labute approximate surface area is 84.4 Å². The summed E-state index contributed by atoms with van der Waals surface area (Å²) >= 11 is 1.66.